The van der Waals surface area contributed by atoms with Gasteiger partial charge in [0, 0.05) is 12.6 Å². The Bertz CT molecular complexity index is 926. The van der Waals surface area contributed by atoms with Gasteiger partial charge in [0.05, 0.1) is 29.0 Å². The fourth-order valence-electron chi connectivity index (χ4n) is 2.90. The molecule has 0 spiro atoms. The van der Waals surface area contributed by atoms with Crippen molar-refractivity contribution < 1.29 is 31.2 Å². The maximum atomic E-state index is 12.4. The summed E-state index contributed by atoms with van der Waals surface area (Å²) in [6.45, 7) is 1.45. The first-order chi connectivity index (χ1) is 12.5. The summed E-state index contributed by atoms with van der Waals surface area (Å²) in [5.74, 6) is -1.42. The van der Waals surface area contributed by atoms with Crippen LogP contribution >= 0.6 is 0 Å². The van der Waals surface area contributed by atoms with Gasteiger partial charge < -0.3 is 9.64 Å². The Morgan fingerprint density at radius 2 is 1.96 bits per heavy atom. The van der Waals surface area contributed by atoms with Crippen molar-refractivity contribution in [1.82, 2.24) is 4.90 Å². The number of carbonyl (C=O) groups is 2. The molecule has 0 aromatic heterocycles. The fourth-order valence-corrected chi connectivity index (χ4v) is 5.21. The lowest BCUT2D eigenvalue weighted by molar-refractivity contribution is -0.136. The molecule has 1 atom stereocenters. The van der Waals surface area contributed by atoms with Gasteiger partial charge in [-0.25, -0.2) is 21.6 Å². The predicted octanol–water partition coefficient (Wildman–Crippen LogP) is 0.251. The minimum atomic E-state index is -3.59. The van der Waals surface area contributed by atoms with Crippen LogP contribution in [-0.2, 0) is 29.4 Å². The van der Waals surface area contributed by atoms with Gasteiger partial charge in [0.2, 0.25) is 10.0 Å². The highest BCUT2D eigenvalue weighted by Crippen LogP contribution is 2.19. The van der Waals surface area contributed by atoms with E-state index >= 15 is 0 Å². The van der Waals surface area contributed by atoms with Gasteiger partial charge in [0.15, 0.2) is 16.4 Å². The molecule has 2 rings (SSSR count). The quantitative estimate of drug-likeness (QED) is 0.629. The normalized spacial score (nSPS) is 18.7. The highest BCUT2D eigenvalue weighted by molar-refractivity contribution is 7.92. The predicted molar refractivity (Wildman–Crippen MR) is 99.6 cm³/mol. The molecular weight excluding hydrogens is 396 g/mol. The van der Waals surface area contributed by atoms with Crippen molar-refractivity contribution in [2.75, 3.05) is 35.6 Å². The molecule has 1 saturated heterocycles. The Labute approximate surface area is 158 Å². The van der Waals surface area contributed by atoms with Crippen LogP contribution in [0, 0.1) is 0 Å². The van der Waals surface area contributed by atoms with Crippen LogP contribution in [0.15, 0.2) is 24.3 Å². The highest BCUT2D eigenvalue weighted by atomic mass is 32.2. The molecule has 1 amide bonds. The van der Waals surface area contributed by atoms with Crippen LogP contribution in [0.5, 0.6) is 0 Å². The first kappa shape index (κ1) is 21.2. The summed E-state index contributed by atoms with van der Waals surface area (Å²) < 4.78 is 53.2. The molecule has 1 aliphatic heterocycles. The zero-order valence-electron chi connectivity index (χ0n) is 15.0. The maximum Gasteiger partial charge on any atom is 0.340 e. The van der Waals surface area contributed by atoms with Crippen molar-refractivity contribution in [3.63, 3.8) is 0 Å². The van der Waals surface area contributed by atoms with Gasteiger partial charge >= 0.3 is 5.97 Å². The second-order valence-electron chi connectivity index (χ2n) is 6.23. The van der Waals surface area contributed by atoms with Crippen molar-refractivity contribution in [3.05, 3.63) is 29.8 Å². The van der Waals surface area contributed by atoms with Gasteiger partial charge in [-0.15, -0.1) is 0 Å². The summed E-state index contributed by atoms with van der Waals surface area (Å²) >= 11 is 0. The number of nitrogens with one attached hydrogen (secondary N) is 1. The van der Waals surface area contributed by atoms with E-state index in [2.05, 4.69) is 4.72 Å². The van der Waals surface area contributed by atoms with Crippen molar-refractivity contribution >= 4 is 37.4 Å². The molecule has 0 aliphatic carbocycles. The molecule has 0 saturated carbocycles. The summed E-state index contributed by atoms with van der Waals surface area (Å²) in [5.41, 5.74) is 0.0221. The molecular formula is C16H22N2O7S2. The van der Waals surface area contributed by atoms with Crippen molar-refractivity contribution in [2.45, 2.75) is 19.4 Å². The molecule has 1 heterocycles. The van der Waals surface area contributed by atoms with Crippen molar-refractivity contribution in [1.29, 1.82) is 0 Å². The van der Waals surface area contributed by atoms with Gasteiger partial charge in [-0.2, -0.15) is 0 Å². The number of sulfonamides is 1. The summed E-state index contributed by atoms with van der Waals surface area (Å²) in [5, 5.41) is 0. The Balaban J connectivity index is 2.04. The van der Waals surface area contributed by atoms with E-state index in [1.165, 1.54) is 23.1 Å². The van der Waals surface area contributed by atoms with E-state index < -0.39 is 44.4 Å². The summed E-state index contributed by atoms with van der Waals surface area (Å²) in [6.07, 6.45) is 1.31. The number of hydrogen-bond donors (Lipinski definition) is 1. The van der Waals surface area contributed by atoms with Crippen LogP contribution in [0.2, 0.25) is 0 Å². The van der Waals surface area contributed by atoms with Gasteiger partial charge in [0.1, 0.15) is 0 Å². The lowest BCUT2D eigenvalue weighted by Gasteiger charge is -2.26. The van der Waals surface area contributed by atoms with Crippen molar-refractivity contribution in [3.8, 4) is 0 Å². The number of benzene rings is 1. The number of anilines is 1. The lowest BCUT2D eigenvalue weighted by atomic mass is 10.2. The standard InChI is InChI=1S/C16H22N2O7S2/c1-3-18(12-8-9-27(23,24)11-12)15(19)10-25-16(20)13-6-4-5-7-14(13)17-26(2,21)22/h4-7,12,17H,3,8-11H2,1-2H3/t12-/m1/s1. The Morgan fingerprint density at radius 1 is 1.30 bits per heavy atom. The number of carbonyl (C=O) groups excluding carboxylic acids is 2. The van der Waals surface area contributed by atoms with E-state index in [-0.39, 0.29) is 22.8 Å². The smallest absolute Gasteiger partial charge is 0.340 e. The van der Waals surface area contributed by atoms with Gasteiger partial charge in [0.25, 0.3) is 5.91 Å². The van der Waals surface area contributed by atoms with E-state index in [1.54, 1.807) is 13.0 Å². The van der Waals surface area contributed by atoms with Crippen LogP contribution in [0.3, 0.4) is 0 Å². The molecule has 9 nitrogen and oxygen atoms in total. The highest BCUT2D eigenvalue weighted by Gasteiger charge is 2.34. The SMILES string of the molecule is CCN(C(=O)COC(=O)c1ccccc1NS(C)(=O)=O)[C@@H]1CCS(=O)(=O)C1. The monoisotopic (exact) mass is 418 g/mol. The van der Waals surface area contributed by atoms with E-state index in [0.717, 1.165) is 6.26 Å². The van der Waals surface area contributed by atoms with Crippen LogP contribution in [-0.4, -0.2) is 70.6 Å². The molecule has 27 heavy (non-hydrogen) atoms. The molecule has 0 bridgehead atoms. The third kappa shape index (κ3) is 5.93. The minimum absolute atomic E-state index is 0.0257. The number of rotatable bonds is 7. The third-order valence-electron chi connectivity index (χ3n) is 4.08. The number of ether oxygens (including phenoxy) is 1. The Hall–Kier alpha value is -2.14. The minimum Gasteiger partial charge on any atom is -0.452 e. The zero-order chi connectivity index (χ0) is 20.2. The zero-order valence-corrected chi connectivity index (χ0v) is 16.7. The number of amides is 1. The number of esters is 1. The van der Waals surface area contributed by atoms with E-state index in [1.807, 2.05) is 0 Å². The first-order valence-corrected chi connectivity index (χ1v) is 12.0. The van der Waals surface area contributed by atoms with E-state index in [9.17, 15) is 26.4 Å². The number of hydrogen-bond acceptors (Lipinski definition) is 7. The van der Waals surface area contributed by atoms with Crippen LogP contribution < -0.4 is 4.72 Å². The lowest BCUT2D eigenvalue weighted by Crippen LogP contribution is -2.43. The number of nitrogens with zero attached hydrogens (tertiary/aromatic N) is 1. The first-order valence-electron chi connectivity index (χ1n) is 8.26. The van der Waals surface area contributed by atoms with Crippen LogP contribution in [0.25, 0.3) is 0 Å². The molecule has 0 unspecified atom stereocenters. The Morgan fingerprint density at radius 3 is 2.52 bits per heavy atom. The molecule has 0 radical (unpaired) electrons. The average Bonchev–Trinajstić information content (AvgIpc) is 2.92. The Kier molecular flexibility index (Phi) is 6.47. The molecule has 1 aromatic rings. The molecule has 11 heteroatoms. The second-order valence-corrected chi connectivity index (χ2v) is 10.2. The topological polar surface area (TPSA) is 127 Å². The third-order valence-corrected chi connectivity index (χ3v) is 6.42. The molecule has 1 N–H and O–H groups in total. The molecule has 1 fully saturated rings. The second kappa shape index (κ2) is 8.26. The fraction of sp³-hybridized carbons (Fsp3) is 0.500. The number of likely N-dealkylation sites (N-methyl/N-ethyl adjacent to an activating group) is 1. The van der Waals surface area contributed by atoms with Crippen LogP contribution in [0.1, 0.15) is 23.7 Å². The van der Waals surface area contributed by atoms with E-state index in [0.29, 0.717) is 13.0 Å². The van der Waals surface area contributed by atoms with Crippen LogP contribution in [0.4, 0.5) is 5.69 Å². The van der Waals surface area contributed by atoms with Crippen molar-refractivity contribution in [2.24, 2.45) is 0 Å². The summed E-state index contributed by atoms with van der Waals surface area (Å²) in [6, 6.07) is 5.44. The van der Waals surface area contributed by atoms with Gasteiger partial charge in [-0.1, -0.05) is 12.1 Å². The summed E-state index contributed by atoms with van der Waals surface area (Å²) in [4.78, 5) is 26.0. The van der Waals surface area contributed by atoms with Gasteiger partial charge in [-0.05, 0) is 25.5 Å². The summed E-state index contributed by atoms with van der Waals surface area (Å²) in [7, 11) is -6.74. The largest absolute Gasteiger partial charge is 0.452 e. The number of sulfone groups is 1. The molecule has 1 aromatic carbocycles. The van der Waals surface area contributed by atoms with E-state index in [4.69, 9.17) is 4.74 Å². The van der Waals surface area contributed by atoms with Gasteiger partial charge in [-0.3, -0.25) is 9.52 Å². The maximum absolute atomic E-state index is 12.4. The average molecular weight is 418 g/mol. The number of para-hydroxylation sites is 1. The molecule has 150 valence electrons. The molecule has 1 aliphatic rings.